The van der Waals surface area contributed by atoms with Crippen LogP contribution in [0.4, 0.5) is 5.69 Å². The molecule has 0 bridgehead atoms. The second-order valence-corrected chi connectivity index (χ2v) is 8.06. The highest BCUT2D eigenvalue weighted by Gasteiger charge is 2.21. The normalized spacial score (nSPS) is 11.1. The van der Waals surface area contributed by atoms with Gasteiger partial charge >= 0.3 is 11.9 Å². The molecule has 0 atom stereocenters. The van der Waals surface area contributed by atoms with E-state index in [9.17, 15) is 19.5 Å². The summed E-state index contributed by atoms with van der Waals surface area (Å²) in [6.45, 7) is -0.975. The molecule has 0 saturated carbocycles. The first kappa shape index (κ1) is 22.4. The van der Waals surface area contributed by atoms with E-state index in [1.807, 2.05) is 0 Å². The van der Waals surface area contributed by atoms with Crippen molar-refractivity contribution in [2.24, 2.45) is 0 Å². The number of halogens is 2. The fraction of sp³-hybridized carbons (Fsp3) is 0.0870. The molecule has 3 N–H and O–H groups in total. The zero-order valence-corrected chi connectivity index (χ0v) is 18.2. The lowest BCUT2D eigenvalue weighted by Crippen LogP contribution is -2.34. The van der Waals surface area contributed by atoms with Gasteiger partial charge in [0.2, 0.25) is 5.43 Å². The molecular formula is C23H15Cl2NO7. The summed E-state index contributed by atoms with van der Waals surface area (Å²) in [5, 5.41) is 28.9. The number of hydrogen-bond acceptors (Lipinski definition) is 6. The maximum atomic E-state index is 12.1. The molecule has 2 aliphatic rings. The lowest BCUT2D eigenvalue weighted by atomic mass is 9.93. The van der Waals surface area contributed by atoms with Gasteiger partial charge in [-0.2, -0.15) is 0 Å². The molecule has 0 spiro atoms. The van der Waals surface area contributed by atoms with Crippen LogP contribution in [0.1, 0.15) is 0 Å². The number of carbonyl (C=O) groups is 2. The molecule has 1 heterocycles. The van der Waals surface area contributed by atoms with Crippen LogP contribution in [0.15, 0.2) is 57.7 Å². The van der Waals surface area contributed by atoms with Crippen LogP contribution >= 0.6 is 23.2 Å². The predicted octanol–water partition coefficient (Wildman–Crippen LogP) is 4.55. The molecule has 0 radical (unpaired) electrons. The Morgan fingerprint density at radius 1 is 0.909 bits per heavy atom. The number of phenols is 1. The van der Waals surface area contributed by atoms with Gasteiger partial charge in [0.05, 0.1) is 10.0 Å². The van der Waals surface area contributed by atoms with E-state index in [-0.39, 0.29) is 27.1 Å². The molecule has 0 amide bonds. The average molecular weight is 488 g/mol. The number of carboxylic acids is 2. The van der Waals surface area contributed by atoms with Crippen LogP contribution in [-0.2, 0) is 9.59 Å². The van der Waals surface area contributed by atoms with Crippen molar-refractivity contribution in [3.05, 3.63) is 68.8 Å². The summed E-state index contributed by atoms with van der Waals surface area (Å²) in [5.41, 5.74) is 2.03. The van der Waals surface area contributed by atoms with E-state index >= 15 is 0 Å². The molecule has 8 nitrogen and oxygen atoms in total. The number of benzene rings is 3. The first-order valence-corrected chi connectivity index (χ1v) is 10.3. The molecule has 10 heteroatoms. The van der Waals surface area contributed by atoms with Gasteiger partial charge in [-0.15, -0.1) is 0 Å². The summed E-state index contributed by atoms with van der Waals surface area (Å²) in [5.74, 6) is -2.28. The van der Waals surface area contributed by atoms with Crippen molar-refractivity contribution < 1.29 is 29.3 Å². The van der Waals surface area contributed by atoms with Crippen LogP contribution in [0.2, 0.25) is 10.0 Å². The van der Waals surface area contributed by atoms with Crippen LogP contribution in [0.3, 0.4) is 0 Å². The molecule has 2 aromatic carbocycles. The van der Waals surface area contributed by atoms with Crippen molar-refractivity contribution in [3.8, 4) is 28.2 Å². The molecule has 33 heavy (non-hydrogen) atoms. The monoisotopic (exact) mass is 487 g/mol. The summed E-state index contributed by atoms with van der Waals surface area (Å²) in [7, 11) is 0. The number of hydrogen-bond donors (Lipinski definition) is 3. The van der Waals surface area contributed by atoms with Crippen LogP contribution in [0.5, 0.6) is 5.75 Å². The molecule has 0 aromatic heterocycles. The number of aliphatic carboxylic acids is 2. The Hall–Kier alpha value is -3.75. The van der Waals surface area contributed by atoms with Gasteiger partial charge in [-0.3, -0.25) is 14.4 Å². The van der Waals surface area contributed by atoms with E-state index in [4.69, 9.17) is 37.8 Å². The largest absolute Gasteiger partial charge is 0.506 e. The smallest absolute Gasteiger partial charge is 0.323 e. The first-order chi connectivity index (χ1) is 15.6. The number of phenolic OH excluding ortho intramolecular Hbond substituents is 1. The van der Waals surface area contributed by atoms with Crippen LogP contribution in [0.25, 0.3) is 33.4 Å². The number of nitrogens with zero attached hydrogens (tertiary/aromatic N) is 1. The van der Waals surface area contributed by atoms with Crippen molar-refractivity contribution in [1.82, 2.24) is 0 Å². The van der Waals surface area contributed by atoms with Gasteiger partial charge in [0, 0.05) is 34.3 Å². The summed E-state index contributed by atoms with van der Waals surface area (Å²) in [6, 6.07) is 12.1. The second kappa shape index (κ2) is 8.65. The quantitative estimate of drug-likeness (QED) is 0.337. The van der Waals surface area contributed by atoms with E-state index in [0.717, 1.165) is 0 Å². The molecule has 2 aromatic rings. The van der Waals surface area contributed by atoms with E-state index < -0.39 is 30.5 Å². The number of carboxylic acid groups (broad SMARTS) is 2. The topological polar surface area (TPSA) is 128 Å². The first-order valence-electron chi connectivity index (χ1n) is 9.51. The molecule has 1 aliphatic carbocycles. The van der Waals surface area contributed by atoms with E-state index in [0.29, 0.717) is 27.8 Å². The molecular weight excluding hydrogens is 473 g/mol. The van der Waals surface area contributed by atoms with Crippen molar-refractivity contribution in [3.63, 3.8) is 0 Å². The molecule has 0 saturated heterocycles. The molecule has 168 valence electrons. The highest BCUT2D eigenvalue weighted by atomic mass is 35.5. The highest BCUT2D eigenvalue weighted by molar-refractivity contribution is 6.33. The Morgan fingerprint density at radius 2 is 1.55 bits per heavy atom. The van der Waals surface area contributed by atoms with Gasteiger partial charge in [-0.05, 0) is 29.8 Å². The number of anilines is 1. The Labute approximate surface area is 196 Å². The molecule has 0 fully saturated rings. The molecule has 1 aliphatic heterocycles. The Bertz CT molecular complexity index is 1410. The Balaban J connectivity index is 1.93. The van der Waals surface area contributed by atoms with Crippen molar-refractivity contribution in [2.45, 2.75) is 0 Å². The Morgan fingerprint density at radius 3 is 2.15 bits per heavy atom. The van der Waals surface area contributed by atoms with Crippen LogP contribution in [-0.4, -0.2) is 40.3 Å². The van der Waals surface area contributed by atoms with Crippen molar-refractivity contribution in [2.75, 3.05) is 18.0 Å². The maximum absolute atomic E-state index is 12.1. The van der Waals surface area contributed by atoms with E-state index in [2.05, 4.69) is 0 Å². The van der Waals surface area contributed by atoms with Gasteiger partial charge in [0.25, 0.3) is 0 Å². The van der Waals surface area contributed by atoms with Gasteiger partial charge in [0.1, 0.15) is 30.2 Å². The van der Waals surface area contributed by atoms with Crippen LogP contribution in [0, 0.1) is 0 Å². The van der Waals surface area contributed by atoms with Gasteiger partial charge < -0.3 is 24.6 Å². The third-order valence-corrected chi connectivity index (χ3v) is 5.61. The SMILES string of the molecule is O=C(O)CN(CC(=O)O)c1ccc(-c2c3cc(Cl)c(=O)cc-3oc3cc(O)c(Cl)cc23)cc1. The lowest BCUT2D eigenvalue weighted by molar-refractivity contribution is -0.136. The highest BCUT2D eigenvalue weighted by Crippen LogP contribution is 2.43. The van der Waals surface area contributed by atoms with Crippen molar-refractivity contribution in [1.29, 1.82) is 0 Å². The summed E-state index contributed by atoms with van der Waals surface area (Å²) in [6.07, 6.45) is 0. The van der Waals surface area contributed by atoms with Gasteiger partial charge in [-0.25, -0.2) is 0 Å². The summed E-state index contributed by atoms with van der Waals surface area (Å²) < 4.78 is 5.81. The number of rotatable bonds is 6. The molecule has 0 unspecified atom stereocenters. The maximum Gasteiger partial charge on any atom is 0.323 e. The van der Waals surface area contributed by atoms with E-state index in [1.54, 1.807) is 24.3 Å². The van der Waals surface area contributed by atoms with E-state index in [1.165, 1.54) is 29.2 Å². The fourth-order valence-corrected chi connectivity index (χ4v) is 3.94. The number of fused-ring (bicyclic) bond motifs is 2. The molecule has 4 rings (SSSR count). The zero-order chi connectivity index (χ0) is 23.9. The minimum atomic E-state index is -1.17. The minimum Gasteiger partial charge on any atom is -0.506 e. The zero-order valence-electron chi connectivity index (χ0n) is 16.7. The number of aromatic hydroxyl groups is 1. The second-order valence-electron chi connectivity index (χ2n) is 7.25. The van der Waals surface area contributed by atoms with Gasteiger partial charge in [0.15, 0.2) is 0 Å². The minimum absolute atomic E-state index is 0.00566. The summed E-state index contributed by atoms with van der Waals surface area (Å²) in [4.78, 5) is 35.6. The predicted molar refractivity (Wildman–Crippen MR) is 124 cm³/mol. The Kier molecular flexibility index (Phi) is 5.88. The third-order valence-electron chi connectivity index (χ3n) is 5.02. The van der Waals surface area contributed by atoms with Crippen LogP contribution < -0.4 is 10.3 Å². The standard InChI is InChI=1S/C23H15Cl2NO7/c24-15-5-13-19(7-17(15)27)33-20-8-18(28)16(25)6-14(20)23(13)11-1-3-12(4-2-11)26(9-21(29)30)10-22(31)32/h1-8,27H,9-10H2,(H,29,30)(H,31,32). The average Bonchev–Trinajstić information content (AvgIpc) is 2.74. The third kappa shape index (κ3) is 4.44. The van der Waals surface area contributed by atoms with Crippen molar-refractivity contribution >= 4 is 51.8 Å². The van der Waals surface area contributed by atoms with Gasteiger partial charge in [-0.1, -0.05) is 35.3 Å². The lowest BCUT2D eigenvalue weighted by Gasteiger charge is -2.21. The summed E-state index contributed by atoms with van der Waals surface area (Å²) >= 11 is 12.2. The fourth-order valence-electron chi connectivity index (χ4n) is 3.62.